The monoisotopic (exact) mass is 403 g/mol. The predicted molar refractivity (Wildman–Crippen MR) is 114 cm³/mol. The van der Waals surface area contributed by atoms with Crippen LogP contribution >= 0.6 is 0 Å². The molecule has 0 atom stereocenters. The molecule has 0 aliphatic carbocycles. The summed E-state index contributed by atoms with van der Waals surface area (Å²) < 4.78 is 6.72. The van der Waals surface area contributed by atoms with Crippen LogP contribution in [0.2, 0.25) is 0 Å². The molecule has 0 saturated heterocycles. The highest BCUT2D eigenvalue weighted by Crippen LogP contribution is 2.12. The molecule has 29 heavy (non-hydrogen) atoms. The van der Waals surface area contributed by atoms with Gasteiger partial charge in [0.15, 0.2) is 0 Å². The summed E-state index contributed by atoms with van der Waals surface area (Å²) in [5.74, 6) is 0.997. The van der Waals surface area contributed by atoms with Gasteiger partial charge in [-0.05, 0) is 42.9 Å². The van der Waals surface area contributed by atoms with Gasteiger partial charge < -0.3 is 14.7 Å². The first-order valence-electron chi connectivity index (χ1n) is 9.66. The number of H-pyrrole nitrogens is 1. The number of aliphatic hydroxyl groups is 1. The molecule has 0 aliphatic heterocycles. The summed E-state index contributed by atoms with van der Waals surface area (Å²) in [5.41, 5.74) is -0.180. The number of ether oxygens (including phenoxy) is 1. The molecular weight excluding hydrogens is 374 g/mol. The molecule has 158 valence electrons. The van der Waals surface area contributed by atoms with E-state index in [9.17, 15) is 14.7 Å². The van der Waals surface area contributed by atoms with Gasteiger partial charge in [-0.25, -0.2) is 9.80 Å². The van der Waals surface area contributed by atoms with Crippen molar-refractivity contribution in [2.24, 2.45) is 12.1 Å². The molecule has 0 amide bonds. The van der Waals surface area contributed by atoms with Crippen LogP contribution in [-0.4, -0.2) is 65.2 Å². The number of hydrogen-bond acceptors (Lipinski definition) is 7. The summed E-state index contributed by atoms with van der Waals surface area (Å²) in [5, 5.41) is 14.9. The predicted octanol–water partition coefficient (Wildman–Crippen LogP) is 0.627. The van der Waals surface area contributed by atoms with Crippen LogP contribution in [0.1, 0.15) is 19.4 Å². The Hall–Kier alpha value is -2.91. The SMILES string of the molecule is CCN(CC)CCOc1ccc(/C=N/N(CCO)c2cc(=O)n(C)c(=O)[nH]2)cc1. The second kappa shape index (κ2) is 11.2. The lowest BCUT2D eigenvalue weighted by atomic mass is 10.2. The van der Waals surface area contributed by atoms with Gasteiger partial charge in [0, 0.05) is 19.7 Å². The molecule has 0 spiro atoms. The highest BCUT2D eigenvalue weighted by atomic mass is 16.5. The maximum absolute atomic E-state index is 11.8. The number of rotatable bonds is 11. The molecule has 2 rings (SSSR count). The second-order valence-electron chi connectivity index (χ2n) is 6.39. The smallest absolute Gasteiger partial charge is 0.329 e. The van der Waals surface area contributed by atoms with E-state index >= 15 is 0 Å². The highest BCUT2D eigenvalue weighted by molar-refractivity contribution is 5.80. The average Bonchev–Trinajstić information content (AvgIpc) is 2.73. The van der Waals surface area contributed by atoms with Gasteiger partial charge in [0.05, 0.1) is 19.4 Å². The van der Waals surface area contributed by atoms with E-state index in [1.165, 1.54) is 18.1 Å². The van der Waals surface area contributed by atoms with Crippen molar-refractivity contribution in [3.63, 3.8) is 0 Å². The van der Waals surface area contributed by atoms with Gasteiger partial charge in [0.2, 0.25) is 0 Å². The van der Waals surface area contributed by atoms with Crippen LogP contribution < -0.4 is 21.0 Å². The number of aliphatic hydroxyl groups excluding tert-OH is 1. The first-order valence-corrected chi connectivity index (χ1v) is 9.66. The van der Waals surface area contributed by atoms with E-state index in [1.807, 2.05) is 24.3 Å². The molecule has 2 N–H and O–H groups in total. The Morgan fingerprint density at radius 1 is 1.17 bits per heavy atom. The molecule has 1 aromatic carbocycles. The molecule has 2 aromatic rings. The molecule has 0 unspecified atom stereocenters. The van der Waals surface area contributed by atoms with Crippen molar-refractivity contribution in [3.8, 4) is 5.75 Å². The summed E-state index contributed by atoms with van der Waals surface area (Å²) in [7, 11) is 1.39. The minimum atomic E-state index is -0.545. The number of anilines is 1. The maximum atomic E-state index is 11.8. The Morgan fingerprint density at radius 2 is 1.86 bits per heavy atom. The Bertz CT molecular complexity index is 869. The summed E-state index contributed by atoms with van der Waals surface area (Å²) in [6, 6.07) is 8.71. The number of aromatic amines is 1. The van der Waals surface area contributed by atoms with Crippen molar-refractivity contribution in [1.82, 2.24) is 14.5 Å². The first-order chi connectivity index (χ1) is 14.0. The number of aromatic nitrogens is 2. The molecular formula is C20H29N5O4. The van der Waals surface area contributed by atoms with Gasteiger partial charge >= 0.3 is 5.69 Å². The fraction of sp³-hybridized carbons (Fsp3) is 0.450. The van der Waals surface area contributed by atoms with E-state index < -0.39 is 11.2 Å². The number of hydrogen-bond donors (Lipinski definition) is 2. The Balaban J connectivity index is 2.04. The summed E-state index contributed by atoms with van der Waals surface area (Å²) in [4.78, 5) is 28.5. The number of nitrogens with zero attached hydrogens (tertiary/aromatic N) is 4. The molecule has 0 radical (unpaired) electrons. The quantitative estimate of drug-likeness (QED) is 0.421. The van der Waals surface area contributed by atoms with E-state index in [4.69, 9.17) is 4.74 Å². The zero-order valence-corrected chi connectivity index (χ0v) is 17.2. The Labute approximate surface area is 169 Å². The number of nitrogens with one attached hydrogen (secondary N) is 1. The zero-order valence-electron chi connectivity index (χ0n) is 17.2. The Kier molecular flexibility index (Phi) is 8.63. The van der Waals surface area contributed by atoms with Crippen LogP contribution in [0.5, 0.6) is 5.75 Å². The fourth-order valence-corrected chi connectivity index (χ4v) is 2.64. The van der Waals surface area contributed by atoms with Crippen molar-refractivity contribution in [1.29, 1.82) is 0 Å². The fourth-order valence-electron chi connectivity index (χ4n) is 2.64. The first kappa shape index (κ1) is 22.4. The van der Waals surface area contributed by atoms with Gasteiger partial charge in [-0.1, -0.05) is 13.8 Å². The normalized spacial score (nSPS) is 11.3. The summed E-state index contributed by atoms with van der Waals surface area (Å²) >= 11 is 0. The van der Waals surface area contributed by atoms with E-state index in [-0.39, 0.29) is 19.0 Å². The third kappa shape index (κ3) is 6.58. The van der Waals surface area contributed by atoms with Gasteiger partial charge in [0.25, 0.3) is 5.56 Å². The maximum Gasteiger partial charge on any atom is 0.329 e. The van der Waals surface area contributed by atoms with Crippen LogP contribution in [0.25, 0.3) is 0 Å². The van der Waals surface area contributed by atoms with Crippen LogP contribution in [0.15, 0.2) is 45.0 Å². The van der Waals surface area contributed by atoms with Gasteiger partial charge in [0.1, 0.15) is 18.2 Å². The van der Waals surface area contributed by atoms with E-state index in [0.717, 1.165) is 35.5 Å². The lowest BCUT2D eigenvalue weighted by Gasteiger charge is -2.18. The molecule has 1 aromatic heterocycles. The van der Waals surface area contributed by atoms with Crippen LogP contribution in [-0.2, 0) is 7.05 Å². The zero-order chi connectivity index (χ0) is 21.2. The van der Waals surface area contributed by atoms with E-state index in [2.05, 4.69) is 28.8 Å². The second-order valence-corrected chi connectivity index (χ2v) is 6.39. The van der Waals surface area contributed by atoms with Crippen LogP contribution in [0.3, 0.4) is 0 Å². The third-order valence-corrected chi connectivity index (χ3v) is 4.52. The summed E-state index contributed by atoms with van der Waals surface area (Å²) in [6.45, 7) is 7.69. The van der Waals surface area contributed by atoms with Crippen molar-refractivity contribution in [2.45, 2.75) is 13.8 Å². The van der Waals surface area contributed by atoms with Crippen LogP contribution in [0, 0.1) is 0 Å². The molecule has 9 nitrogen and oxygen atoms in total. The molecule has 0 fully saturated rings. The van der Waals surface area contributed by atoms with Gasteiger partial charge in [-0.3, -0.25) is 14.3 Å². The molecule has 9 heteroatoms. The molecule has 0 bridgehead atoms. The highest BCUT2D eigenvalue weighted by Gasteiger charge is 2.08. The van der Waals surface area contributed by atoms with Crippen molar-refractivity contribution in [2.75, 3.05) is 44.4 Å². The van der Waals surface area contributed by atoms with E-state index in [1.54, 1.807) is 6.21 Å². The largest absolute Gasteiger partial charge is 0.492 e. The molecule has 1 heterocycles. The van der Waals surface area contributed by atoms with Crippen LogP contribution in [0.4, 0.5) is 5.82 Å². The molecule has 0 saturated carbocycles. The number of hydrazone groups is 1. The number of likely N-dealkylation sites (N-methyl/N-ethyl adjacent to an activating group) is 1. The van der Waals surface area contributed by atoms with Gasteiger partial charge in [-0.2, -0.15) is 5.10 Å². The van der Waals surface area contributed by atoms with Crippen molar-refractivity contribution in [3.05, 3.63) is 56.7 Å². The average molecular weight is 403 g/mol. The van der Waals surface area contributed by atoms with Gasteiger partial charge in [-0.15, -0.1) is 0 Å². The lowest BCUT2D eigenvalue weighted by molar-refractivity contribution is 0.223. The minimum Gasteiger partial charge on any atom is -0.492 e. The van der Waals surface area contributed by atoms with Crippen molar-refractivity contribution >= 4 is 12.0 Å². The summed E-state index contributed by atoms with van der Waals surface area (Å²) in [6.07, 6.45) is 1.59. The van der Waals surface area contributed by atoms with Crippen molar-refractivity contribution < 1.29 is 9.84 Å². The van der Waals surface area contributed by atoms with E-state index in [0.29, 0.717) is 6.61 Å². The third-order valence-electron chi connectivity index (χ3n) is 4.52. The standard InChI is InChI=1S/C20H29N5O4/c1-4-24(5-2)11-13-29-17-8-6-16(7-9-17)15-21-25(10-12-26)18-14-19(27)23(3)20(28)22-18/h6-9,14-15,26H,4-5,10-13H2,1-3H3,(H,22,28)/b21-15+. The lowest BCUT2D eigenvalue weighted by Crippen LogP contribution is -2.35. The Morgan fingerprint density at radius 3 is 2.45 bits per heavy atom. The topological polar surface area (TPSA) is 103 Å². The minimum absolute atomic E-state index is 0.131. The number of benzene rings is 1. The molecule has 0 aliphatic rings.